The van der Waals surface area contributed by atoms with Gasteiger partial charge in [-0.05, 0) is 23.8 Å². The van der Waals surface area contributed by atoms with Crippen molar-refractivity contribution < 1.29 is 14.3 Å². The molecule has 0 aliphatic carbocycles. The summed E-state index contributed by atoms with van der Waals surface area (Å²) in [4.78, 5) is 16.3. The van der Waals surface area contributed by atoms with Gasteiger partial charge in [-0.15, -0.1) is 0 Å². The van der Waals surface area contributed by atoms with Crippen LogP contribution in [0, 0.1) is 0 Å². The maximum absolute atomic E-state index is 12.2. The number of para-hydroxylation sites is 2. The molecule has 2 heterocycles. The summed E-state index contributed by atoms with van der Waals surface area (Å²) in [5.41, 5.74) is 6.40. The number of fused-ring (bicyclic) bond motifs is 1. The van der Waals surface area contributed by atoms with E-state index in [1.807, 2.05) is 18.2 Å². The average molecular weight is 285 g/mol. The number of aromatic nitrogens is 1. The van der Waals surface area contributed by atoms with E-state index in [0.717, 1.165) is 5.56 Å². The van der Waals surface area contributed by atoms with Crippen LogP contribution in [0.4, 0.5) is 5.82 Å². The SMILES string of the molecule is NCc1ccc(NC(=O)C2COc3ccccc3O2)nc1. The summed E-state index contributed by atoms with van der Waals surface area (Å²) in [5, 5.41) is 2.70. The second-order valence-electron chi connectivity index (χ2n) is 4.61. The number of carbonyl (C=O) groups excluding carboxylic acids is 1. The molecule has 21 heavy (non-hydrogen) atoms. The quantitative estimate of drug-likeness (QED) is 0.888. The molecule has 0 spiro atoms. The number of pyridine rings is 1. The minimum absolute atomic E-state index is 0.170. The van der Waals surface area contributed by atoms with Crippen molar-refractivity contribution in [2.45, 2.75) is 12.6 Å². The van der Waals surface area contributed by atoms with E-state index in [1.54, 1.807) is 24.4 Å². The Kier molecular flexibility index (Phi) is 3.70. The first-order chi connectivity index (χ1) is 10.3. The second-order valence-corrected chi connectivity index (χ2v) is 4.61. The van der Waals surface area contributed by atoms with Crippen LogP contribution in [0.25, 0.3) is 0 Å². The predicted molar refractivity (Wildman–Crippen MR) is 77.1 cm³/mol. The Bertz CT molecular complexity index is 643. The third-order valence-electron chi connectivity index (χ3n) is 3.11. The minimum Gasteiger partial charge on any atom is -0.485 e. The summed E-state index contributed by atoms with van der Waals surface area (Å²) in [5.74, 6) is 1.37. The molecule has 1 aromatic carbocycles. The van der Waals surface area contributed by atoms with Gasteiger partial charge in [0.2, 0.25) is 6.10 Å². The minimum atomic E-state index is -0.698. The molecule has 6 heteroatoms. The van der Waals surface area contributed by atoms with Gasteiger partial charge < -0.3 is 20.5 Å². The lowest BCUT2D eigenvalue weighted by Gasteiger charge is -2.25. The predicted octanol–water partition coefficient (Wildman–Crippen LogP) is 1.32. The number of carbonyl (C=O) groups is 1. The molecule has 1 amide bonds. The zero-order chi connectivity index (χ0) is 14.7. The van der Waals surface area contributed by atoms with Crippen LogP contribution in [-0.2, 0) is 11.3 Å². The van der Waals surface area contributed by atoms with Gasteiger partial charge in [0.15, 0.2) is 11.5 Å². The highest BCUT2D eigenvalue weighted by Gasteiger charge is 2.27. The van der Waals surface area contributed by atoms with E-state index >= 15 is 0 Å². The molecule has 2 aromatic rings. The van der Waals surface area contributed by atoms with Crippen molar-refractivity contribution in [2.75, 3.05) is 11.9 Å². The lowest BCUT2D eigenvalue weighted by Crippen LogP contribution is -2.40. The van der Waals surface area contributed by atoms with Crippen LogP contribution in [0.3, 0.4) is 0 Å². The normalized spacial score (nSPS) is 16.3. The van der Waals surface area contributed by atoms with Gasteiger partial charge in [-0.1, -0.05) is 18.2 Å². The van der Waals surface area contributed by atoms with E-state index in [-0.39, 0.29) is 12.5 Å². The number of nitrogens with one attached hydrogen (secondary N) is 1. The van der Waals surface area contributed by atoms with Gasteiger partial charge >= 0.3 is 0 Å². The molecule has 0 saturated heterocycles. The fourth-order valence-electron chi connectivity index (χ4n) is 1.97. The molecule has 0 fully saturated rings. The van der Waals surface area contributed by atoms with E-state index in [9.17, 15) is 4.79 Å². The van der Waals surface area contributed by atoms with Crippen molar-refractivity contribution in [1.29, 1.82) is 0 Å². The van der Waals surface area contributed by atoms with Crippen LogP contribution >= 0.6 is 0 Å². The van der Waals surface area contributed by atoms with Crippen LogP contribution in [0.5, 0.6) is 11.5 Å². The lowest BCUT2D eigenvalue weighted by molar-refractivity contribution is -0.125. The highest BCUT2D eigenvalue weighted by molar-refractivity contribution is 5.93. The Morgan fingerprint density at radius 3 is 2.81 bits per heavy atom. The second kappa shape index (κ2) is 5.80. The maximum atomic E-state index is 12.2. The van der Waals surface area contributed by atoms with Gasteiger partial charge in [0.05, 0.1) is 0 Å². The average Bonchev–Trinajstić information content (AvgIpc) is 2.55. The Morgan fingerprint density at radius 1 is 1.29 bits per heavy atom. The zero-order valence-corrected chi connectivity index (χ0v) is 11.3. The number of nitrogens with two attached hydrogens (primary N) is 1. The standard InChI is InChI=1S/C15H15N3O3/c16-7-10-5-6-14(17-8-10)18-15(19)13-9-20-11-3-1-2-4-12(11)21-13/h1-6,8,13H,7,9,16H2,(H,17,18,19). The summed E-state index contributed by atoms with van der Waals surface area (Å²) in [7, 11) is 0. The van der Waals surface area contributed by atoms with E-state index in [2.05, 4.69) is 10.3 Å². The zero-order valence-electron chi connectivity index (χ0n) is 11.3. The van der Waals surface area contributed by atoms with Crippen LogP contribution in [0.2, 0.25) is 0 Å². The van der Waals surface area contributed by atoms with Crippen molar-refractivity contribution in [3.8, 4) is 11.5 Å². The van der Waals surface area contributed by atoms with Crippen molar-refractivity contribution in [1.82, 2.24) is 4.98 Å². The number of anilines is 1. The number of ether oxygens (including phenoxy) is 2. The molecule has 1 aliphatic rings. The molecule has 0 saturated carbocycles. The molecule has 0 bridgehead atoms. The number of benzene rings is 1. The summed E-state index contributed by atoms with van der Waals surface area (Å²) in [6.07, 6.45) is 0.930. The summed E-state index contributed by atoms with van der Waals surface area (Å²) in [6.45, 7) is 0.585. The molecule has 0 radical (unpaired) electrons. The monoisotopic (exact) mass is 285 g/mol. The summed E-state index contributed by atoms with van der Waals surface area (Å²) in [6, 6.07) is 10.8. The first-order valence-electron chi connectivity index (χ1n) is 6.60. The number of hydrogen-bond donors (Lipinski definition) is 2. The van der Waals surface area contributed by atoms with Gasteiger partial charge in [-0.3, -0.25) is 4.79 Å². The molecule has 1 aromatic heterocycles. The first-order valence-corrected chi connectivity index (χ1v) is 6.60. The summed E-state index contributed by atoms with van der Waals surface area (Å²) < 4.78 is 11.1. The van der Waals surface area contributed by atoms with Gasteiger partial charge in [0.25, 0.3) is 5.91 Å². The third kappa shape index (κ3) is 2.95. The molecule has 1 atom stereocenters. The summed E-state index contributed by atoms with van der Waals surface area (Å²) >= 11 is 0. The van der Waals surface area contributed by atoms with Crippen LogP contribution < -0.4 is 20.5 Å². The fraction of sp³-hybridized carbons (Fsp3) is 0.200. The molecule has 1 unspecified atom stereocenters. The molecule has 3 N–H and O–H groups in total. The van der Waals surface area contributed by atoms with Gasteiger partial charge in [-0.25, -0.2) is 4.98 Å². The molecule has 6 nitrogen and oxygen atoms in total. The fourth-order valence-corrected chi connectivity index (χ4v) is 1.97. The molecule has 1 aliphatic heterocycles. The highest BCUT2D eigenvalue weighted by atomic mass is 16.6. The van der Waals surface area contributed by atoms with E-state index in [0.29, 0.717) is 23.9 Å². The molecule has 108 valence electrons. The van der Waals surface area contributed by atoms with E-state index in [1.165, 1.54) is 0 Å². The largest absolute Gasteiger partial charge is 0.485 e. The third-order valence-corrected chi connectivity index (χ3v) is 3.11. The smallest absolute Gasteiger partial charge is 0.270 e. The first kappa shape index (κ1) is 13.4. The van der Waals surface area contributed by atoms with Crippen molar-refractivity contribution in [2.24, 2.45) is 5.73 Å². The molecular formula is C15H15N3O3. The van der Waals surface area contributed by atoms with Gasteiger partial charge in [0, 0.05) is 12.7 Å². The Morgan fingerprint density at radius 2 is 2.10 bits per heavy atom. The number of rotatable bonds is 3. The van der Waals surface area contributed by atoms with Crippen molar-refractivity contribution >= 4 is 11.7 Å². The molecule has 3 rings (SSSR count). The van der Waals surface area contributed by atoms with E-state index in [4.69, 9.17) is 15.2 Å². The van der Waals surface area contributed by atoms with E-state index < -0.39 is 6.10 Å². The van der Waals surface area contributed by atoms with Crippen LogP contribution in [0.1, 0.15) is 5.56 Å². The van der Waals surface area contributed by atoms with Crippen LogP contribution in [0.15, 0.2) is 42.6 Å². The van der Waals surface area contributed by atoms with Gasteiger partial charge in [0.1, 0.15) is 12.4 Å². The Balaban J connectivity index is 1.66. The molecular weight excluding hydrogens is 270 g/mol. The van der Waals surface area contributed by atoms with Crippen LogP contribution in [-0.4, -0.2) is 23.6 Å². The van der Waals surface area contributed by atoms with Crippen molar-refractivity contribution in [3.05, 3.63) is 48.2 Å². The Hall–Kier alpha value is -2.60. The Labute approximate surface area is 121 Å². The van der Waals surface area contributed by atoms with Crippen molar-refractivity contribution in [3.63, 3.8) is 0 Å². The highest BCUT2D eigenvalue weighted by Crippen LogP contribution is 2.31. The topological polar surface area (TPSA) is 86.5 Å². The lowest BCUT2D eigenvalue weighted by atomic mass is 10.2. The number of hydrogen-bond acceptors (Lipinski definition) is 5. The number of nitrogens with zero attached hydrogens (tertiary/aromatic N) is 1. The number of amides is 1. The van der Waals surface area contributed by atoms with Gasteiger partial charge in [-0.2, -0.15) is 0 Å². The maximum Gasteiger partial charge on any atom is 0.270 e.